The van der Waals surface area contributed by atoms with E-state index in [1.807, 2.05) is 38.3 Å². The Labute approximate surface area is 195 Å². The fraction of sp³-hybridized carbons (Fsp3) is 0.538. The van der Waals surface area contributed by atoms with Gasteiger partial charge in [-0.1, -0.05) is 25.3 Å². The first-order chi connectivity index (χ1) is 15.6. The summed E-state index contributed by atoms with van der Waals surface area (Å²) in [6.45, 7) is 3.99. The number of ether oxygens (including phenoxy) is 2. The SMILES string of the molecule is COc1cccc(C=Nc2sc3c(c2C(=O)NC2CCCCC2)CCCC3)c1OC(C)C. The lowest BCUT2D eigenvalue weighted by atomic mass is 9.93. The van der Waals surface area contributed by atoms with Crippen LogP contribution in [0.1, 0.15) is 85.2 Å². The zero-order valence-corrected chi connectivity index (χ0v) is 20.2. The number of carbonyl (C=O) groups excluding carboxylic acids is 1. The molecular weight excluding hydrogens is 420 g/mol. The van der Waals surface area contributed by atoms with Gasteiger partial charge >= 0.3 is 0 Å². The number of hydrogen-bond donors (Lipinski definition) is 1. The Kier molecular flexibility index (Phi) is 7.51. The van der Waals surface area contributed by atoms with Gasteiger partial charge in [0.15, 0.2) is 11.5 Å². The summed E-state index contributed by atoms with van der Waals surface area (Å²) in [6.07, 6.45) is 12.0. The quantitative estimate of drug-likeness (QED) is 0.504. The Morgan fingerprint density at radius 2 is 1.94 bits per heavy atom. The summed E-state index contributed by atoms with van der Waals surface area (Å²) < 4.78 is 11.5. The maximum atomic E-state index is 13.4. The average Bonchev–Trinajstić information content (AvgIpc) is 3.17. The summed E-state index contributed by atoms with van der Waals surface area (Å²) in [6, 6.07) is 6.08. The van der Waals surface area contributed by atoms with Crippen molar-refractivity contribution in [3.05, 3.63) is 39.8 Å². The van der Waals surface area contributed by atoms with E-state index in [0.717, 1.165) is 48.2 Å². The van der Waals surface area contributed by atoms with Crippen LogP contribution >= 0.6 is 11.3 Å². The third-order valence-corrected chi connectivity index (χ3v) is 7.42. The minimum atomic E-state index is 0.0179. The van der Waals surface area contributed by atoms with Gasteiger partial charge in [-0.2, -0.15) is 0 Å². The molecule has 5 nitrogen and oxygen atoms in total. The average molecular weight is 455 g/mol. The lowest BCUT2D eigenvalue weighted by Gasteiger charge is -2.23. The van der Waals surface area contributed by atoms with Crippen LogP contribution in [0.2, 0.25) is 0 Å². The van der Waals surface area contributed by atoms with Crippen molar-refractivity contribution in [2.45, 2.75) is 83.8 Å². The van der Waals surface area contributed by atoms with E-state index in [0.29, 0.717) is 11.5 Å². The van der Waals surface area contributed by atoms with Gasteiger partial charge in [0, 0.05) is 22.7 Å². The Balaban J connectivity index is 1.66. The van der Waals surface area contributed by atoms with E-state index in [1.54, 1.807) is 18.4 Å². The summed E-state index contributed by atoms with van der Waals surface area (Å²) in [4.78, 5) is 19.5. The molecule has 0 atom stereocenters. The van der Waals surface area contributed by atoms with Crippen LogP contribution in [0.5, 0.6) is 11.5 Å². The highest BCUT2D eigenvalue weighted by atomic mass is 32.1. The van der Waals surface area contributed by atoms with E-state index in [1.165, 1.54) is 36.1 Å². The van der Waals surface area contributed by atoms with Crippen LogP contribution in [-0.4, -0.2) is 31.4 Å². The topological polar surface area (TPSA) is 59.9 Å². The Morgan fingerprint density at radius 1 is 1.16 bits per heavy atom. The second-order valence-corrected chi connectivity index (χ2v) is 10.1. The number of aryl methyl sites for hydroxylation is 1. The number of nitrogens with zero attached hydrogens (tertiary/aromatic N) is 1. The van der Waals surface area contributed by atoms with Gasteiger partial charge in [0.1, 0.15) is 5.00 Å². The highest BCUT2D eigenvalue weighted by Crippen LogP contribution is 2.40. The first kappa shape index (κ1) is 22.8. The maximum absolute atomic E-state index is 13.4. The molecule has 1 fully saturated rings. The minimum Gasteiger partial charge on any atom is -0.493 e. The van der Waals surface area contributed by atoms with Crippen molar-refractivity contribution in [3.63, 3.8) is 0 Å². The molecule has 2 aromatic rings. The van der Waals surface area contributed by atoms with Crippen LogP contribution in [0.3, 0.4) is 0 Å². The molecule has 0 radical (unpaired) electrons. The van der Waals surface area contributed by atoms with E-state index in [-0.39, 0.29) is 18.1 Å². The molecule has 1 heterocycles. The van der Waals surface area contributed by atoms with Gasteiger partial charge in [-0.15, -0.1) is 11.3 Å². The number of thiophene rings is 1. The van der Waals surface area contributed by atoms with Crippen LogP contribution in [0, 0.1) is 0 Å². The Bertz CT molecular complexity index is 974. The van der Waals surface area contributed by atoms with Gasteiger partial charge < -0.3 is 14.8 Å². The molecule has 0 spiro atoms. The van der Waals surface area contributed by atoms with Crippen molar-refractivity contribution in [2.24, 2.45) is 4.99 Å². The fourth-order valence-electron chi connectivity index (χ4n) is 4.67. The highest BCUT2D eigenvalue weighted by Gasteiger charge is 2.27. The molecule has 0 unspecified atom stereocenters. The smallest absolute Gasteiger partial charge is 0.254 e. The normalized spacial score (nSPS) is 16.9. The van der Waals surface area contributed by atoms with Gasteiger partial charge in [0.05, 0.1) is 18.8 Å². The molecule has 6 heteroatoms. The predicted molar refractivity (Wildman–Crippen MR) is 131 cm³/mol. The zero-order chi connectivity index (χ0) is 22.5. The molecule has 172 valence electrons. The van der Waals surface area contributed by atoms with E-state index >= 15 is 0 Å². The number of hydrogen-bond acceptors (Lipinski definition) is 5. The van der Waals surface area contributed by atoms with Crippen LogP contribution in [0.25, 0.3) is 0 Å². The molecule has 0 aliphatic heterocycles. The van der Waals surface area contributed by atoms with Crippen LogP contribution in [0.15, 0.2) is 23.2 Å². The molecule has 1 amide bonds. The number of aliphatic imine (C=N–C) groups is 1. The third-order valence-electron chi connectivity index (χ3n) is 6.22. The van der Waals surface area contributed by atoms with Gasteiger partial charge in [-0.25, -0.2) is 4.99 Å². The van der Waals surface area contributed by atoms with Crippen LogP contribution in [-0.2, 0) is 12.8 Å². The minimum absolute atomic E-state index is 0.0179. The monoisotopic (exact) mass is 454 g/mol. The first-order valence-electron chi connectivity index (χ1n) is 11.9. The lowest BCUT2D eigenvalue weighted by Crippen LogP contribution is -2.36. The van der Waals surface area contributed by atoms with Crippen molar-refractivity contribution in [1.29, 1.82) is 0 Å². The number of fused-ring (bicyclic) bond motifs is 1. The van der Waals surface area contributed by atoms with Gasteiger partial charge in [-0.05, 0) is 70.1 Å². The van der Waals surface area contributed by atoms with E-state index in [2.05, 4.69) is 5.32 Å². The fourth-order valence-corrected chi connectivity index (χ4v) is 5.90. The van der Waals surface area contributed by atoms with E-state index in [9.17, 15) is 4.79 Å². The summed E-state index contributed by atoms with van der Waals surface area (Å²) in [5.74, 6) is 1.42. The van der Waals surface area contributed by atoms with Crippen molar-refractivity contribution in [2.75, 3.05) is 7.11 Å². The Morgan fingerprint density at radius 3 is 2.69 bits per heavy atom. The number of benzene rings is 1. The summed E-state index contributed by atoms with van der Waals surface area (Å²) in [7, 11) is 1.64. The third kappa shape index (κ3) is 5.17. The summed E-state index contributed by atoms with van der Waals surface area (Å²) >= 11 is 1.67. The largest absolute Gasteiger partial charge is 0.493 e. The molecule has 0 bridgehead atoms. The van der Waals surface area contributed by atoms with Crippen LogP contribution in [0.4, 0.5) is 5.00 Å². The number of methoxy groups -OCH3 is 1. The molecule has 1 saturated carbocycles. The molecular formula is C26H34N2O3S. The zero-order valence-electron chi connectivity index (χ0n) is 19.4. The van der Waals surface area contributed by atoms with Gasteiger partial charge in [-0.3, -0.25) is 4.79 Å². The molecule has 2 aliphatic carbocycles. The van der Waals surface area contributed by atoms with Crippen molar-refractivity contribution in [1.82, 2.24) is 5.32 Å². The Hall–Kier alpha value is -2.34. The number of carbonyl (C=O) groups is 1. The van der Waals surface area contributed by atoms with E-state index in [4.69, 9.17) is 14.5 Å². The van der Waals surface area contributed by atoms with Crippen molar-refractivity contribution >= 4 is 28.5 Å². The lowest BCUT2D eigenvalue weighted by molar-refractivity contribution is 0.0927. The van der Waals surface area contributed by atoms with Crippen molar-refractivity contribution < 1.29 is 14.3 Å². The molecule has 1 N–H and O–H groups in total. The molecule has 2 aliphatic rings. The number of amides is 1. The molecule has 1 aromatic heterocycles. The number of para-hydroxylation sites is 1. The molecule has 32 heavy (non-hydrogen) atoms. The van der Waals surface area contributed by atoms with E-state index < -0.39 is 0 Å². The maximum Gasteiger partial charge on any atom is 0.254 e. The number of rotatable bonds is 7. The second-order valence-electron chi connectivity index (χ2n) is 9.00. The van der Waals surface area contributed by atoms with Crippen LogP contribution < -0.4 is 14.8 Å². The summed E-state index contributed by atoms with van der Waals surface area (Å²) in [5.41, 5.74) is 2.86. The van der Waals surface area contributed by atoms with Gasteiger partial charge in [0.2, 0.25) is 0 Å². The van der Waals surface area contributed by atoms with Gasteiger partial charge in [0.25, 0.3) is 5.91 Å². The predicted octanol–water partition coefficient (Wildman–Crippen LogP) is 6.24. The first-order valence-corrected chi connectivity index (χ1v) is 12.7. The molecule has 0 saturated heterocycles. The molecule has 1 aromatic carbocycles. The second kappa shape index (κ2) is 10.5. The standard InChI is InChI=1S/C26H34N2O3S/c1-17(2)31-24-18(10-9-14-21(24)30-3)16-27-26-23(20-13-7-8-15-22(20)32-26)25(29)28-19-11-5-4-6-12-19/h9-10,14,16-17,19H,4-8,11-13,15H2,1-3H3,(H,28,29). The number of nitrogens with one attached hydrogen (secondary N) is 1. The van der Waals surface area contributed by atoms with Crippen molar-refractivity contribution in [3.8, 4) is 11.5 Å². The highest BCUT2D eigenvalue weighted by molar-refractivity contribution is 7.16. The summed E-state index contributed by atoms with van der Waals surface area (Å²) in [5, 5.41) is 4.12. The molecule has 4 rings (SSSR count).